The molecule has 0 spiro atoms. The molecule has 0 unspecified atom stereocenters. The van der Waals surface area contributed by atoms with Crippen molar-refractivity contribution in [3.8, 4) is 5.75 Å². The number of carbonyl (C=O) groups excluding carboxylic acids is 1. The highest BCUT2D eigenvalue weighted by Crippen LogP contribution is 2.36. The minimum Gasteiger partial charge on any atom is -0.476 e. The third-order valence-electron chi connectivity index (χ3n) is 4.86. The maximum absolute atomic E-state index is 13.3. The van der Waals surface area contributed by atoms with Crippen LogP contribution in [0.25, 0.3) is 0 Å². The molecule has 31 heavy (non-hydrogen) atoms. The van der Waals surface area contributed by atoms with Crippen molar-refractivity contribution in [3.63, 3.8) is 0 Å². The first-order chi connectivity index (χ1) is 15.0. The van der Waals surface area contributed by atoms with Gasteiger partial charge in [-0.05, 0) is 42.0 Å². The van der Waals surface area contributed by atoms with Crippen LogP contribution in [0.3, 0.4) is 0 Å². The molecule has 0 radical (unpaired) electrons. The number of ether oxygens (including phenoxy) is 2. The highest BCUT2D eigenvalue weighted by Gasteiger charge is 2.37. The smallest absolute Gasteiger partial charge is 0.267 e. The molecule has 1 heterocycles. The normalized spacial score (nSPS) is 15.6. The Morgan fingerprint density at radius 1 is 1.06 bits per heavy atom. The van der Waals surface area contributed by atoms with Crippen molar-refractivity contribution in [3.05, 3.63) is 84.4 Å². The van der Waals surface area contributed by atoms with Crippen LogP contribution in [0.15, 0.2) is 83.8 Å². The summed E-state index contributed by atoms with van der Waals surface area (Å²) in [4.78, 5) is 13.1. The molecule has 1 aliphatic rings. The number of benzene rings is 3. The molecule has 7 nitrogen and oxygen atoms in total. The number of carbonyl (C=O) groups is 1. The van der Waals surface area contributed by atoms with Gasteiger partial charge in [0.25, 0.3) is 15.9 Å². The highest BCUT2D eigenvalue weighted by molar-refractivity contribution is 7.92. The number of hydrogen-bond donors (Lipinski definition) is 1. The van der Waals surface area contributed by atoms with Gasteiger partial charge in [-0.15, -0.1) is 0 Å². The second-order valence-electron chi connectivity index (χ2n) is 7.05. The molecule has 160 valence electrons. The summed E-state index contributed by atoms with van der Waals surface area (Å²) in [7, 11) is -2.27. The first kappa shape index (κ1) is 20.9. The average Bonchev–Trinajstić information content (AvgIpc) is 2.79. The fourth-order valence-electron chi connectivity index (χ4n) is 3.41. The van der Waals surface area contributed by atoms with Gasteiger partial charge in [-0.3, -0.25) is 9.10 Å². The summed E-state index contributed by atoms with van der Waals surface area (Å²) >= 11 is 0. The number of anilines is 2. The van der Waals surface area contributed by atoms with E-state index in [1.54, 1.807) is 61.7 Å². The van der Waals surface area contributed by atoms with Crippen LogP contribution in [0, 0.1) is 0 Å². The number of methoxy groups -OCH3 is 1. The summed E-state index contributed by atoms with van der Waals surface area (Å²) in [5, 5.41) is 2.81. The molecule has 0 aromatic heterocycles. The number of amides is 1. The Hall–Kier alpha value is -3.36. The number of nitrogens with one attached hydrogen (secondary N) is 1. The monoisotopic (exact) mass is 438 g/mol. The van der Waals surface area contributed by atoms with E-state index in [0.717, 1.165) is 5.56 Å². The number of hydrogen-bond acceptors (Lipinski definition) is 5. The zero-order valence-electron chi connectivity index (χ0n) is 16.9. The van der Waals surface area contributed by atoms with E-state index in [1.165, 1.54) is 16.4 Å². The third kappa shape index (κ3) is 4.40. The minimum absolute atomic E-state index is 0.141. The van der Waals surface area contributed by atoms with Gasteiger partial charge < -0.3 is 14.8 Å². The first-order valence-electron chi connectivity index (χ1n) is 9.71. The van der Waals surface area contributed by atoms with Gasteiger partial charge in [0, 0.05) is 12.8 Å². The van der Waals surface area contributed by atoms with Crippen molar-refractivity contribution in [1.29, 1.82) is 0 Å². The molecule has 1 atom stereocenters. The molecule has 0 aliphatic carbocycles. The van der Waals surface area contributed by atoms with Crippen LogP contribution in [0.2, 0.25) is 0 Å². The molecule has 8 heteroatoms. The zero-order valence-corrected chi connectivity index (χ0v) is 17.7. The summed E-state index contributed by atoms with van der Waals surface area (Å²) in [6.45, 7) is 0.276. The van der Waals surface area contributed by atoms with Gasteiger partial charge in [-0.1, -0.05) is 42.5 Å². The lowest BCUT2D eigenvalue weighted by Gasteiger charge is -2.34. The lowest BCUT2D eigenvalue weighted by atomic mass is 10.2. The van der Waals surface area contributed by atoms with Gasteiger partial charge in [-0.2, -0.15) is 0 Å². The van der Waals surface area contributed by atoms with Crippen molar-refractivity contribution in [2.75, 3.05) is 23.3 Å². The fraction of sp³-hybridized carbons (Fsp3) is 0.174. The highest BCUT2D eigenvalue weighted by atomic mass is 32.2. The van der Waals surface area contributed by atoms with Crippen LogP contribution >= 0.6 is 0 Å². The predicted octanol–water partition coefficient (Wildman–Crippen LogP) is 3.43. The largest absolute Gasteiger partial charge is 0.476 e. The molecule has 1 amide bonds. The van der Waals surface area contributed by atoms with Crippen LogP contribution in [0.1, 0.15) is 5.56 Å². The number of fused-ring (bicyclic) bond motifs is 1. The van der Waals surface area contributed by atoms with Crippen molar-refractivity contribution >= 4 is 27.3 Å². The zero-order chi connectivity index (χ0) is 21.8. The van der Waals surface area contributed by atoms with E-state index >= 15 is 0 Å². The molecule has 0 saturated carbocycles. The molecular formula is C23H22N2O5S. The van der Waals surface area contributed by atoms with Crippen LogP contribution < -0.4 is 14.4 Å². The molecule has 1 aliphatic heterocycles. The Morgan fingerprint density at radius 3 is 2.58 bits per heavy atom. The van der Waals surface area contributed by atoms with Crippen molar-refractivity contribution < 1.29 is 22.7 Å². The lowest BCUT2D eigenvalue weighted by molar-refractivity contribution is -0.122. The van der Waals surface area contributed by atoms with E-state index in [1.807, 2.05) is 12.1 Å². The van der Waals surface area contributed by atoms with Gasteiger partial charge in [-0.25, -0.2) is 8.42 Å². The predicted molar refractivity (Wildman–Crippen MR) is 118 cm³/mol. The number of para-hydroxylation sites is 2. The SMILES string of the molecule is COCc1cccc(NC(=O)[C@H]2CN(S(=O)(=O)c3ccccc3)c3ccccc3O2)c1. The molecule has 3 aromatic carbocycles. The maximum atomic E-state index is 13.3. The molecule has 0 fully saturated rings. The Morgan fingerprint density at radius 2 is 1.81 bits per heavy atom. The summed E-state index contributed by atoms with van der Waals surface area (Å²) < 4.78 is 38.9. The quantitative estimate of drug-likeness (QED) is 0.637. The van der Waals surface area contributed by atoms with Crippen molar-refractivity contribution in [2.24, 2.45) is 0 Å². The number of rotatable bonds is 6. The molecule has 4 rings (SSSR count). The summed E-state index contributed by atoms with van der Waals surface area (Å²) in [5.41, 5.74) is 1.89. The average molecular weight is 439 g/mol. The second-order valence-corrected chi connectivity index (χ2v) is 8.91. The fourth-order valence-corrected chi connectivity index (χ4v) is 4.91. The van der Waals surface area contributed by atoms with E-state index < -0.39 is 22.0 Å². The lowest BCUT2D eigenvalue weighted by Crippen LogP contribution is -2.48. The summed E-state index contributed by atoms with van der Waals surface area (Å²) in [6, 6.07) is 22.2. The second kappa shape index (κ2) is 8.79. The minimum atomic E-state index is -3.87. The van der Waals surface area contributed by atoms with Crippen molar-refractivity contribution in [2.45, 2.75) is 17.6 Å². The first-order valence-corrected chi connectivity index (χ1v) is 11.2. The van der Waals surface area contributed by atoms with Crippen LogP contribution in [-0.4, -0.2) is 34.1 Å². The van der Waals surface area contributed by atoms with Crippen LogP contribution in [0.4, 0.5) is 11.4 Å². The van der Waals surface area contributed by atoms with Crippen LogP contribution in [-0.2, 0) is 26.2 Å². The summed E-state index contributed by atoms with van der Waals surface area (Å²) in [6.07, 6.45) is -1.01. The standard InChI is InChI=1S/C23H22N2O5S/c1-29-16-17-8-7-9-18(14-17)24-23(26)22-15-25(20-12-5-6-13-21(20)30-22)31(27,28)19-10-3-2-4-11-19/h2-14,22H,15-16H2,1H3,(H,24,26)/t22-/m1/s1. The topological polar surface area (TPSA) is 84.9 Å². The maximum Gasteiger partial charge on any atom is 0.267 e. The summed E-state index contributed by atoms with van der Waals surface area (Å²) in [5.74, 6) is -0.0983. The Labute approximate surface area is 181 Å². The van der Waals surface area contributed by atoms with Gasteiger partial charge in [0.15, 0.2) is 6.10 Å². The van der Waals surface area contributed by atoms with Gasteiger partial charge in [0.05, 0.1) is 23.7 Å². The van der Waals surface area contributed by atoms with Crippen molar-refractivity contribution in [1.82, 2.24) is 0 Å². The Kier molecular flexibility index (Phi) is 5.92. The van der Waals surface area contributed by atoms with Gasteiger partial charge in [0.2, 0.25) is 0 Å². The molecular weight excluding hydrogens is 416 g/mol. The number of nitrogens with zero attached hydrogens (tertiary/aromatic N) is 1. The van der Waals surface area contributed by atoms with Crippen LogP contribution in [0.5, 0.6) is 5.75 Å². The van der Waals surface area contributed by atoms with E-state index in [-0.39, 0.29) is 11.4 Å². The van der Waals surface area contributed by atoms with E-state index in [4.69, 9.17) is 9.47 Å². The molecule has 1 N–H and O–H groups in total. The third-order valence-corrected chi connectivity index (χ3v) is 6.66. The molecule has 0 saturated heterocycles. The Bertz CT molecular complexity index is 1180. The van der Waals surface area contributed by atoms with E-state index in [9.17, 15) is 13.2 Å². The number of sulfonamides is 1. The van der Waals surface area contributed by atoms with Gasteiger partial charge in [0.1, 0.15) is 5.75 Å². The molecule has 3 aromatic rings. The van der Waals surface area contributed by atoms with Gasteiger partial charge >= 0.3 is 0 Å². The Balaban J connectivity index is 1.62. The molecule has 0 bridgehead atoms. The van der Waals surface area contributed by atoms with E-state index in [0.29, 0.717) is 23.7 Å². The van der Waals surface area contributed by atoms with E-state index in [2.05, 4.69) is 5.32 Å².